The van der Waals surface area contributed by atoms with Crippen LogP contribution in [0, 0.1) is 10.1 Å². The van der Waals surface area contributed by atoms with E-state index in [1.165, 1.54) is 24.3 Å². The summed E-state index contributed by atoms with van der Waals surface area (Å²) in [6, 6.07) is 10.1. The lowest BCUT2D eigenvalue weighted by molar-refractivity contribution is -0.384. The molecule has 0 atom stereocenters. The first kappa shape index (κ1) is 18.4. The second-order valence-electron chi connectivity index (χ2n) is 4.60. The maximum atomic E-state index is 11.7. The molecule has 2 rings (SSSR count). The summed E-state index contributed by atoms with van der Waals surface area (Å²) < 4.78 is 0. The van der Waals surface area contributed by atoms with Crippen molar-refractivity contribution in [2.75, 3.05) is 5.32 Å². The fourth-order valence-electron chi connectivity index (χ4n) is 1.70. The van der Waals surface area contributed by atoms with Crippen LogP contribution >= 0.6 is 23.2 Å². The third kappa shape index (κ3) is 5.00. The molecule has 0 saturated heterocycles. The van der Waals surface area contributed by atoms with Gasteiger partial charge in [0.25, 0.3) is 5.69 Å². The molecule has 0 radical (unpaired) electrons. The topological polar surface area (TPSA) is 114 Å². The van der Waals surface area contributed by atoms with Crippen molar-refractivity contribution in [2.45, 2.75) is 0 Å². The molecule has 0 spiro atoms. The lowest BCUT2D eigenvalue weighted by Gasteiger charge is -2.05. The molecule has 2 aromatic rings. The van der Waals surface area contributed by atoms with E-state index in [4.69, 9.17) is 23.2 Å². The standard InChI is InChI=1S/C15H10Cl2N4O4/c16-11-6-5-10(21(24)25)7-9(11)8-18-20-15(23)14(22)19-13-4-2-1-3-12(13)17/h1-8H,(H,19,22)(H,20,23)/b18-8+. The molecule has 2 N–H and O–H groups in total. The molecule has 25 heavy (non-hydrogen) atoms. The molecular weight excluding hydrogens is 371 g/mol. The quantitative estimate of drug-likeness (QED) is 0.367. The smallest absolute Gasteiger partial charge is 0.316 e. The number of anilines is 1. The van der Waals surface area contributed by atoms with E-state index in [2.05, 4.69) is 10.4 Å². The zero-order valence-electron chi connectivity index (χ0n) is 12.4. The van der Waals surface area contributed by atoms with Crippen LogP contribution in [-0.2, 0) is 9.59 Å². The van der Waals surface area contributed by atoms with Gasteiger partial charge in [-0.1, -0.05) is 35.3 Å². The van der Waals surface area contributed by atoms with E-state index in [1.807, 2.05) is 5.43 Å². The summed E-state index contributed by atoms with van der Waals surface area (Å²) in [5.41, 5.74) is 2.29. The number of nitro benzene ring substituents is 1. The number of halogens is 2. The van der Waals surface area contributed by atoms with Crippen LogP contribution in [0.1, 0.15) is 5.56 Å². The summed E-state index contributed by atoms with van der Waals surface area (Å²) in [5.74, 6) is -2.02. The molecule has 128 valence electrons. The number of nitrogens with one attached hydrogen (secondary N) is 2. The van der Waals surface area contributed by atoms with Crippen LogP contribution in [0.15, 0.2) is 47.6 Å². The number of carbonyl (C=O) groups is 2. The van der Waals surface area contributed by atoms with Gasteiger partial charge in [-0.15, -0.1) is 0 Å². The number of carbonyl (C=O) groups excluding carboxylic acids is 2. The molecule has 0 heterocycles. The summed E-state index contributed by atoms with van der Waals surface area (Å²) >= 11 is 11.8. The van der Waals surface area contributed by atoms with Gasteiger partial charge >= 0.3 is 11.8 Å². The number of hydrazone groups is 1. The van der Waals surface area contributed by atoms with E-state index in [-0.39, 0.29) is 27.0 Å². The van der Waals surface area contributed by atoms with Gasteiger partial charge in [0.15, 0.2) is 0 Å². The number of amides is 2. The highest BCUT2D eigenvalue weighted by Crippen LogP contribution is 2.21. The number of non-ortho nitro benzene ring substituents is 1. The van der Waals surface area contributed by atoms with Gasteiger partial charge in [0, 0.05) is 22.7 Å². The van der Waals surface area contributed by atoms with Crippen LogP contribution in [0.3, 0.4) is 0 Å². The van der Waals surface area contributed by atoms with Crippen molar-refractivity contribution in [1.29, 1.82) is 0 Å². The minimum Gasteiger partial charge on any atom is -0.316 e. The van der Waals surface area contributed by atoms with Crippen molar-refractivity contribution < 1.29 is 14.5 Å². The number of rotatable bonds is 4. The Balaban J connectivity index is 2.01. The van der Waals surface area contributed by atoms with Gasteiger partial charge in [-0.3, -0.25) is 19.7 Å². The molecule has 0 aliphatic carbocycles. The Bertz CT molecular complexity index is 870. The van der Waals surface area contributed by atoms with Gasteiger partial charge < -0.3 is 5.32 Å². The fourth-order valence-corrected chi connectivity index (χ4v) is 2.05. The first-order valence-corrected chi connectivity index (χ1v) is 7.47. The highest BCUT2D eigenvalue weighted by molar-refractivity contribution is 6.41. The van der Waals surface area contributed by atoms with Crippen LogP contribution in [0.2, 0.25) is 10.0 Å². The van der Waals surface area contributed by atoms with Crippen LogP contribution in [0.25, 0.3) is 0 Å². The fraction of sp³-hybridized carbons (Fsp3) is 0. The van der Waals surface area contributed by atoms with Crippen molar-refractivity contribution in [2.24, 2.45) is 5.10 Å². The molecule has 10 heteroatoms. The molecular formula is C15H10Cl2N4O4. The number of nitro groups is 1. The predicted octanol–water partition coefficient (Wildman–Crippen LogP) is 2.99. The molecule has 0 aromatic heterocycles. The largest absolute Gasteiger partial charge is 0.329 e. The maximum absolute atomic E-state index is 11.7. The highest BCUT2D eigenvalue weighted by atomic mass is 35.5. The lowest BCUT2D eigenvalue weighted by atomic mass is 10.2. The predicted molar refractivity (Wildman–Crippen MR) is 93.9 cm³/mol. The Kier molecular flexibility index (Phi) is 6.04. The SMILES string of the molecule is O=C(N/N=C/c1cc([N+](=O)[O-])ccc1Cl)C(=O)Nc1ccccc1Cl. The average Bonchev–Trinajstić information content (AvgIpc) is 2.58. The Labute approximate surface area is 151 Å². The molecule has 0 aliphatic rings. The number of para-hydroxylation sites is 1. The highest BCUT2D eigenvalue weighted by Gasteiger charge is 2.14. The Morgan fingerprint density at radius 2 is 1.80 bits per heavy atom. The third-order valence-electron chi connectivity index (χ3n) is 2.89. The molecule has 0 bridgehead atoms. The summed E-state index contributed by atoms with van der Waals surface area (Å²) in [6.45, 7) is 0. The first-order chi connectivity index (χ1) is 11.9. The van der Waals surface area contributed by atoms with E-state index >= 15 is 0 Å². The Morgan fingerprint density at radius 1 is 1.08 bits per heavy atom. The van der Waals surface area contributed by atoms with E-state index in [0.29, 0.717) is 0 Å². The zero-order valence-corrected chi connectivity index (χ0v) is 13.9. The summed E-state index contributed by atoms with van der Waals surface area (Å²) in [6.07, 6.45) is 1.09. The number of hydrogen-bond donors (Lipinski definition) is 2. The average molecular weight is 381 g/mol. The van der Waals surface area contributed by atoms with Gasteiger partial charge in [0.05, 0.1) is 21.8 Å². The molecule has 2 aromatic carbocycles. The summed E-state index contributed by atoms with van der Waals surface area (Å²) in [5, 5.41) is 17.1. The molecule has 0 fully saturated rings. The van der Waals surface area contributed by atoms with Crippen LogP contribution in [-0.4, -0.2) is 23.0 Å². The van der Waals surface area contributed by atoms with Crippen molar-refractivity contribution in [3.8, 4) is 0 Å². The third-order valence-corrected chi connectivity index (χ3v) is 3.56. The molecule has 0 unspecified atom stereocenters. The monoisotopic (exact) mass is 380 g/mol. The first-order valence-electron chi connectivity index (χ1n) is 6.71. The number of benzene rings is 2. The summed E-state index contributed by atoms with van der Waals surface area (Å²) in [7, 11) is 0. The second kappa shape index (κ2) is 8.22. The van der Waals surface area contributed by atoms with E-state index in [9.17, 15) is 19.7 Å². The normalized spacial score (nSPS) is 10.5. The maximum Gasteiger partial charge on any atom is 0.329 e. The lowest BCUT2D eigenvalue weighted by Crippen LogP contribution is -2.32. The van der Waals surface area contributed by atoms with Crippen LogP contribution < -0.4 is 10.7 Å². The van der Waals surface area contributed by atoms with Gasteiger partial charge in [0.2, 0.25) is 0 Å². The Hall–Kier alpha value is -2.97. The van der Waals surface area contributed by atoms with Gasteiger partial charge in [-0.05, 0) is 18.2 Å². The molecule has 2 amide bonds. The van der Waals surface area contributed by atoms with E-state index in [1.54, 1.807) is 18.2 Å². The number of hydrogen-bond acceptors (Lipinski definition) is 5. The van der Waals surface area contributed by atoms with Crippen molar-refractivity contribution in [3.63, 3.8) is 0 Å². The second-order valence-corrected chi connectivity index (χ2v) is 5.41. The van der Waals surface area contributed by atoms with E-state index in [0.717, 1.165) is 6.21 Å². The number of nitrogens with zero attached hydrogens (tertiary/aromatic N) is 2. The van der Waals surface area contributed by atoms with Crippen molar-refractivity contribution >= 4 is 52.6 Å². The zero-order chi connectivity index (χ0) is 18.4. The van der Waals surface area contributed by atoms with Gasteiger partial charge in [-0.25, -0.2) is 5.43 Å². The molecule has 8 nitrogen and oxygen atoms in total. The van der Waals surface area contributed by atoms with Crippen LogP contribution in [0.5, 0.6) is 0 Å². The van der Waals surface area contributed by atoms with Crippen molar-refractivity contribution in [1.82, 2.24) is 5.43 Å². The van der Waals surface area contributed by atoms with Gasteiger partial charge in [0.1, 0.15) is 0 Å². The minimum absolute atomic E-state index is 0.186. The molecule has 0 saturated carbocycles. The van der Waals surface area contributed by atoms with E-state index < -0.39 is 16.7 Å². The van der Waals surface area contributed by atoms with Crippen molar-refractivity contribution in [3.05, 3.63) is 68.2 Å². The summed E-state index contributed by atoms with van der Waals surface area (Å²) in [4.78, 5) is 33.6. The van der Waals surface area contributed by atoms with Crippen LogP contribution in [0.4, 0.5) is 11.4 Å². The van der Waals surface area contributed by atoms with Gasteiger partial charge in [-0.2, -0.15) is 5.10 Å². The Morgan fingerprint density at radius 3 is 2.48 bits per heavy atom. The minimum atomic E-state index is -1.04. The molecule has 0 aliphatic heterocycles.